The van der Waals surface area contributed by atoms with Gasteiger partial charge in [-0.15, -0.1) is 0 Å². The van der Waals surface area contributed by atoms with Gasteiger partial charge in [-0.3, -0.25) is 14.6 Å². The lowest BCUT2D eigenvalue weighted by atomic mass is 10.0. The minimum Gasteiger partial charge on any atom is -0.338 e. The number of benzene rings is 1. The fraction of sp³-hybridized carbons (Fsp3) is 0.350. The molecule has 0 saturated carbocycles. The van der Waals surface area contributed by atoms with Gasteiger partial charge in [-0.1, -0.05) is 22.0 Å². The van der Waals surface area contributed by atoms with Crippen molar-refractivity contribution in [3.8, 4) is 0 Å². The molecule has 0 bridgehead atoms. The van der Waals surface area contributed by atoms with Gasteiger partial charge < -0.3 is 9.80 Å². The molecular formula is C20H22BrN5O2. The van der Waals surface area contributed by atoms with Crippen LogP contribution in [0.2, 0.25) is 0 Å². The highest BCUT2D eigenvalue weighted by molar-refractivity contribution is 9.10. The van der Waals surface area contributed by atoms with Crippen LogP contribution in [-0.4, -0.2) is 58.8 Å². The molecule has 2 aliphatic heterocycles. The summed E-state index contributed by atoms with van der Waals surface area (Å²) in [6.07, 6.45) is 4.21. The molecule has 146 valence electrons. The van der Waals surface area contributed by atoms with Crippen molar-refractivity contribution in [2.24, 2.45) is 0 Å². The van der Waals surface area contributed by atoms with Crippen molar-refractivity contribution in [3.05, 3.63) is 64.4 Å². The Morgan fingerprint density at radius 1 is 1.00 bits per heavy atom. The van der Waals surface area contributed by atoms with E-state index in [-0.39, 0.29) is 23.9 Å². The molecule has 8 heteroatoms. The molecule has 0 aliphatic carbocycles. The number of rotatable bonds is 3. The van der Waals surface area contributed by atoms with Crippen LogP contribution in [0.5, 0.6) is 0 Å². The summed E-state index contributed by atoms with van der Waals surface area (Å²) >= 11 is 3.40. The molecule has 1 aromatic carbocycles. The van der Waals surface area contributed by atoms with Gasteiger partial charge in [-0.25, -0.2) is 10.9 Å². The van der Waals surface area contributed by atoms with E-state index >= 15 is 0 Å². The first-order valence-electron chi connectivity index (χ1n) is 9.36. The summed E-state index contributed by atoms with van der Waals surface area (Å²) in [5, 5.41) is 0. The van der Waals surface area contributed by atoms with E-state index in [4.69, 9.17) is 0 Å². The number of hydrazine groups is 1. The number of nitrogens with one attached hydrogen (secondary N) is 2. The van der Waals surface area contributed by atoms with E-state index in [1.165, 1.54) is 0 Å². The van der Waals surface area contributed by atoms with Gasteiger partial charge in [0.2, 0.25) is 5.91 Å². The van der Waals surface area contributed by atoms with Crippen LogP contribution in [0.3, 0.4) is 0 Å². The average Bonchev–Trinajstić information content (AvgIpc) is 3.24. The van der Waals surface area contributed by atoms with Crippen LogP contribution in [0, 0.1) is 0 Å². The number of hydrogen-bond donors (Lipinski definition) is 2. The normalized spacial score (nSPS) is 22.3. The van der Waals surface area contributed by atoms with Crippen LogP contribution < -0.4 is 10.9 Å². The fourth-order valence-electron chi connectivity index (χ4n) is 3.69. The number of hydrogen-bond acceptors (Lipinski definition) is 5. The second-order valence-electron chi connectivity index (χ2n) is 7.04. The molecular weight excluding hydrogens is 422 g/mol. The van der Waals surface area contributed by atoms with E-state index in [1.54, 1.807) is 12.4 Å². The summed E-state index contributed by atoms with van der Waals surface area (Å²) in [7, 11) is 0. The average molecular weight is 444 g/mol. The third-order valence-electron chi connectivity index (χ3n) is 5.26. The number of piperazine rings is 1. The highest BCUT2D eigenvalue weighted by Gasteiger charge is 2.34. The number of pyridine rings is 1. The van der Waals surface area contributed by atoms with Crippen molar-refractivity contribution in [2.45, 2.75) is 18.5 Å². The number of aromatic nitrogens is 1. The van der Waals surface area contributed by atoms with E-state index in [9.17, 15) is 9.59 Å². The topological polar surface area (TPSA) is 77.6 Å². The second-order valence-corrected chi connectivity index (χ2v) is 7.95. The molecule has 1 aromatic heterocycles. The fourth-order valence-corrected chi connectivity index (χ4v) is 4.09. The minimum absolute atomic E-state index is 0.00630. The van der Waals surface area contributed by atoms with E-state index in [0.717, 1.165) is 10.0 Å². The Hall–Kier alpha value is -2.29. The van der Waals surface area contributed by atoms with Crippen LogP contribution in [0.25, 0.3) is 0 Å². The highest BCUT2D eigenvalue weighted by Crippen LogP contribution is 2.23. The number of nitrogens with zero attached hydrogens (tertiary/aromatic N) is 3. The number of carbonyl (C=O) groups is 2. The van der Waals surface area contributed by atoms with Crippen LogP contribution in [0.1, 0.15) is 28.4 Å². The molecule has 2 N–H and O–H groups in total. The van der Waals surface area contributed by atoms with Crippen LogP contribution in [-0.2, 0) is 4.79 Å². The van der Waals surface area contributed by atoms with E-state index in [1.807, 2.05) is 46.2 Å². The van der Waals surface area contributed by atoms with Crippen molar-refractivity contribution in [2.75, 3.05) is 26.2 Å². The molecule has 3 heterocycles. The molecule has 2 amide bonds. The summed E-state index contributed by atoms with van der Waals surface area (Å²) in [6.45, 7) is 2.20. The smallest absolute Gasteiger partial charge is 0.254 e. The first kappa shape index (κ1) is 19.0. The lowest BCUT2D eigenvalue weighted by molar-refractivity contribution is -0.134. The Morgan fingerprint density at radius 2 is 1.71 bits per heavy atom. The molecule has 0 radical (unpaired) electrons. The monoisotopic (exact) mass is 443 g/mol. The zero-order chi connectivity index (χ0) is 19.5. The van der Waals surface area contributed by atoms with Crippen LogP contribution >= 0.6 is 15.9 Å². The van der Waals surface area contributed by atoms with Crippen LogP contribution in [0.4, 0.5) is 0 Å². The minimum atomic E-state index is -0.259. The summed E-state index contributed by atoms with van der Waals surface area (Å²) < 4.78 is 0.885. The van der Waals surface area contributed by atoms with E-state index in [0.29, 0.717) is 38.2 Å². The molecule has 2 aromatic rings. The first-order chi connectivity index (χ1) is 13.6. The first-order valence-corrected chi connectivity index (χ1v) is 10.2. The highest BCUT2D eigenvalue weighted by atomic mass is 79.9. The predicted molar refractivity (Wildman–Crippen MR) is 108 cm³/mol. The number of halogens is 1. The summed E-state index contributed by atoms with van der Waals surface area (Å²) in [6, 6.07) is 11.1. The molecule has 4 rings (SSSR count). The van der Waals surface area contributed by atoms with Gasteiger partial charge in [-0.05, 0) is 42.3 Å². The number of amides is 2. The maximum atomic E-state index is 12.9. The molecule has 0 spiro atoms. The molecule has 7 nitrogen and oxygen atoms in total. The Labute approximate surface area is 172 Å². The molecule has 2 fully saturated rings. The zero-order valence-corrected chi connectivity index (χ0v) is 16.9. The van der Waals surface area contributed by atoms with Crippen molar-refractivity contribution in [1.82, 2.24) is 25.6 Å². The van der Waals surface area contributed by atoms with Gasteiger partial charge in [0.05, 0.1) is 0 Å². The van der Waals surface area contributed by atoms with Crippen molar-refractivity contribution < 1.29 is 9.59 Å². The molecule has 2 atom stereocenters. The zero-order valence-electron chi connectivity index (χ0n) is 15.3. The Bertz CT molecular complexity index is 855. The Morgan fingerprint density at radius 3 is 2.43 bits per heavy atom. The summed E-state index contributed by atoms with van der Waals surface area (Å²) in [5.41, 5.74) is 8.10. The van der Waals surface area contributed by atoms with Crippen LogP contribution in [0.15, 0.2) is 53.3 Å². The second kappa shape index (κ2) is 8.38. The van der Waals surface area contributed by atoms with Gasteiger partial charge in [0, 0.05) is 54.7 Å². The van der Waals surface area contributed by atoms with Gasteiger partial charge in [0.1, 0.15) is 6.04 Å². The van der Waals surface area contributed by atoms with Gasteiger partial charge in [-0.2, -0.15) is 0 Å². The van der Waals surface area contributed by atoms with Gasteiger partial charge in [0.15, 0.2) is 0 Å². The van der Waals surface area contributed by atoms with Crippen molar-refractivity contribution in [3.63, 3.8) is 0 Å². The maximum absolute atomic E-state index is 12.9. The predicted octanol–water partition coefficient (Wildman–Crippen LogP) is 1.74. The maximum Gasteiger partial charge on any atom is 0.254 e. The third-order valence-corrected chi connectivity index (χ3v) is 5.75. The quantitative estimate of drug-likeness (QED) is 0.755. The molecule has 2 unspecified atom stereocenters. The van der Waals surface area contributed by atoms with Crippen molar-refractivity contribution >= 4 is 27.7 Å². The SMILES string of the molecule is O=C(c1cccc(Br)c1)N1CCN(C(=O)C2CC(c3ccncc3)NN2)CC1. The third kappa shape index (κ3) is 4.09. The lowest BCUT2D eigenvalue weighted by Gasteiger charge is -2.36. The van der Waals surface area contributed by atoms with Gasteiger partial charge >= 0.3 is 0 Å². The standard InChI is InChI=1S/C20H22BrN5O2/c21-16-3-1-2-15(12-16)19(27)25-8-10-26(11-9-25)20(28)18-13-17(23-24-18)14-4-6-22-7-5-14/h1-7,12,17-18,23-24H,8-11,13H2. The van der Waals surface area contributed by atoms with Gasteiger partial charge in [0.25, 0.3) is 5.91 Å². The molecule has 2 aliphatic rings. The largest absolute Gasteiger partial charge is 0.338 e. The molecule has 2 saturated heterocycles. The van der Waals surface area contributed by atoms with E-state index in [2.05, 4.69) is 31.8 Å². The lowest BCUT2D eigenvalue weighted by Crippen LogP contribution is -2.54. The Balaban J connectivity index is 1.31. The molecule has 28 heavy (non-hydrogen) atoms. The summed E-state index contributed by atoms with van der Waals surface area (Å²) in [4.78, 5) is 33.2. The van der Waals surface area contributed by atoms with Crippen molar-refractivity contribution in [1.29, 1.82) is 0 Å². The van der Waals surface area contributed by atoms with E-state index < -0.39 is 0 Å². The number of carbonyl (C=O) groups excluding carboxylic acids is 2. The summed E-state index contributed by atoms with van der Waals surface area (Å²) in [5.74, 6) is 0.0884. The Kier molecular flexibility index (Phi) is 5.70.